The van der Waals surface area contributed by atoms with Crippen LogP contribution in [0.1, 0.15) is 5.56 Å². The van der Waals surface area contributed by atoms with E-state index in [-0.39, 0.29) is 18.0 Å². The number of nitrogens with zero attached hydrogens (tertiary/aromatic N) is 1. The highest BCUT2D eigenvalue weighted by atomic mass is 35.5. The first-order valence-electron chi connectivity index (χ1n) is 8.07. The number of rotatable bonds is 6. The monoisotopic (exact) mass is 382 g/mol. The molecule has 0 saturated heterocycles. The third-order valence-electron chi connectivity index (χ3n) is 3.71. The molecule has 0 bridgehead atoms. The number of hydrogen-bond acceptors (Lipinski definition) is 4. The van der Waals surface area contributed by atoms with Crippen molar-refractivity contribution in [3.63, 3.8) is 0 Å². The molecule has 3 aromatic carbocycles. The van der Waals surface area contributed by atoms with E-state index in [2.05, 4.69) is 5.32 Å². The molecule has 1 N–H and O–H groups in total. The number of halogens is 1. The summed E-state index contributed by atoms with van der Waals surface area (Å²) in [5.74, 6) is 0.859. The number of nitro benzene ring substituents is 1. The van der Waals surface area contributed by atoms with Crippen molar-refractivity contribution in [1.29, 1.82) is 0 Å². The van der Waals surface area contributed by atoms with E-state index in [9.17, 15) is 14.9 Å². The van der Waals surface area contributed by atoms with Crippen LogP contribution in [-0.4, -0.2) is 10.8 Å². The minimum Gasteiger partial charge on any atom is -0.457 e. The lowest BCUT2D eigenvalue weighted by Crippen LogP contribution is -2.15. The highest BCUT2D eigenvalue weighted by molar-refractivity contribution is 6.30. The van der Waals surface area contributed by atoms with Gasteiger partial charge in [0.05, 0.1) is 11.3 Å². The summed E-state index contributed by atoms with van der Waals surface area (Å²) in [5.41, 5.74) is 0.857. The van der Waals surface area contributed by atoms with Crippen molar-refractivity contribution in [1.82, 2.24) is 0 Å². The normalized spacial score (nSPS) is 10.3. The van der Waals surface area contributed by atoms with E-state index in [1.54, 1.807) is 66.7 Å². The first-order valence-corrected chi connectivity index (χ1v) is 8.45. The molecule has 0 heterocycles. The molecule has 6 nitrogen and oxygen atoms in total. The summed E-state index contributed by atoms with van der Waals surface area (Å²) in [4.78, 5) is 22.7. The van der Waals surface area contributed by atoms with E-state index in [1.807, 2.05) is 0 Å². The van der Waals surface area contributed by atoms with E-state index in [4.69, 9.17) is 16.3 Å². The molecule has 0 fully saturated rings. The number of para-hydroxylation sites is 1. The lowest BCUT2D eigenvalue weighted by molar-refractivity contribution is -0.385. The Balaban J connectivity index is 1.63. The van der Waals surface area contributed by atoms with E-state index in [0.29, 0.717) is 27.8 Å². The Bertz CT molecular complexity index is 974. The Hall–Kier alpha value is -3.38. The summed E-state index contributed by atoms with van der Waals surface area (Å²) in [7, 11) is 0. The summed E-state index contributed by atoms with van der Waals surface area (Å²) < 4.78 is 5.68. The lowest BCUT2D eigenvalue weighted by atomic mass is 10.1. The number of ether oxygens (including phenoxy) is 1. The standard InChI is InChI=1S/C20H15ClN2O4/c21-15-5-3-6-18(13-15)27-17-10-8-16(9-11-17)22-20(24)12-14-4-1-2-7-19(14)23(25)26/h1-11,13H,12H2,(H,22,24). The number of benzene rings is 3. The van der Waals surface area contributed by atoms with Gasteiger partial charge in [-0.1, -0.05) is 35.9 Å². The van der Waals surface area contributed by atoms with Crippen molar-refractivity contribution >= 4 is 28.9 Å². The fraction of sp³-hybridized carbons (Fsp3) is 0.0500. The van der Waals surface area contributed by atoms with E-state index in [1.165, 1.54) is 6.07 Å². The van der Waals surface area contributed by atoms with Crippen LogP contribution in [0.25, 0.3) is 0 Å². The maximum absolute atomic E-state index is 12.2. The molecule has 136 valence electrons. The van der Waals surface area contributed by atoms with Gasteiger partial charge in [-0.3, -0.25) is 14.9 Å². The van der Waals surface area contributed by atoms with Gasteiger partial charge in [0.25, 0.3) is 5.69 Å². The van der Waals surface area contributed by atoms with Crippen LogP contribution in [-0.2, 0) is 11.2 Å². The van der Waals surface area contributed by atoms with Gasteiger partial charge in [0.15, 0.2) is 0 Å². The topological polar surface area (TPSA) is 81.5 Å². The van der Waals surface area contributed by atoms with Crippen LogP contribution >= 0.6 is 11.6 Å². The molecule has 7 heteroatoms. The average molecular weight is 383 g/mol. The van der Waals surface area contributed by atoms with Gasteiger partial charge in [0.1, 0.15) is 11.5 Å². The third-order valence-corrected chi connectivity index (χ3v) is 3.94. The molecule has 27 heavy (non-hydrogen) atoms. The number of carbonyl (C=O) groups excluding carboxylic acids is 1. The molecule has 0 aromatic heterocycles. The summed E-state index contributed by atoms with van der Waals surface area (Å²) >= 11 is 5.92. The number of carbonyl (C=O) groups is 1. The maximum Gasteiger partial charge on any atom is 0.273 e. The van der Waals surface area contributed by atoms with Crippen molar-refractivity contribution < 1.29 is 14.5 Å². The molecule has 0 aliphatic carbocycles. The zero-order valence-corrected chi connectivity index (χ0v) is 14.8. The van der Waals surface area contributed by atoms with Gasteiger partial charge in [-0.2, -0.15) is 0 Å². The minimum absolute atomic E-state index is 0.0714. The second-order valence-electron chi connectivity index (χ2n) is 5.69. The quantitative estimate of drug-likeness (QED) is 0.468. The number of hydrogen-bond donors (Lipinski definition) is 1. The summed E-state index contributed by atoms with van der Waals surface area (Å²) in [6.07, 6.45) is -0.0854. The molecule has 3 rings (SSSR count). The smallest absolute Gasteiger partial charge is 0.273 e. The van der Waals surface area contributed by atoms with Gasteiger partial charge in [0, 0.05) is 22.3 Å². The van der Waals surface area contributed by atoms with E-state index < -0.39 is 4.92 Å². The van der Waals surface area contributed by atoms with Crippen molar-refractivity contribution in [2.75, 3.05) is 5.32 Å². The maximum atomic E-state index is 12.2. The zero-order chi connectivity index (χ0) is 19.2. The van der Waals surface area contributed by atoms with Crippen LogP contribution in [0.3, 0.4) is 0 Å². The first kappa shape index (κ1) is 18.4. The molecule has 0 aliphatic rings. The Morgan fingerprint density at radius 3 is 2.44 bits per heavy atom. The molecule has 1 amide bonds. The predicted molar refractivity (Wildman–Crippen MR) is 103 cm³/mol. The van der Waals surface area contributed by atoms with Gasteiger partial charge in [0.2, 0.25) is 5.91 Å². The number of nitro groups is 1. The molecule has 0 spiro atoms. The summed E-state index contributed by atoms with van der Waals surface area (Å²) in [5, 5.41) is 14.3. The number of nitrogens with one attached hydrogen (secondary N) is 1. The van der Waals surface area contributed by atoms with Crippen molar-refractivity contribution in [3.05, 3.63) is 93.5 Å². The molecule has 0 atom stereocenters. The molecule has 0 saturated carbocycles. The Morgan fingerprint density at radius 2 is 1.74 bits per heavy atom. The SMILES string of the molecule is O=C(Cc1ccccc1[N+](=O)[O-])Nc1ccc(Oc2cccc(Cl)c2)cc1. The minimum atomic E-state index is -0.495. The van der Waals surface area contributed by atoms with Crippen molar-refractivity contribution in [3.8, 4) is 11.5 Å². The molecule has 0 aliphatic heterocycles. The second-order valence-corrected chi connectivity index (χ2v) is 6.13. The van der Waals surface area contributed by atoms with Crippen LogP contribution in [0.2, 0.25) is 5.02 Å². The van der Waals surface area contributed by atoms with Crippen molar-refractivity contribution in [2.45, 2.75) is 6.42 Å². The van der Waals surface area contributed by atoms with Crippen molar-refractivity contribution in [2.24, 2.45) is 0 Å². The number of anilines is 1. The molecule has 0 radical (unpaired) electrons. The van der Waals surface area contributed by atoms with Gasteiger partial charge in [-0.05, 0) is 42.5 Å². The highest BCUT2D eigenvalue weighted by Gasteiger charge is 2.15. The highest BCUT2D eigenvalue weighted by Crippen LogP contribution is 2.25. The Kier molecular flexibility index (Phi) is 5.68. The van der Waals surface area contributed by atoms with Gasteiger partial charge >= 0.3 is 0 Å². The molecular formula is C20H15ClN2O4. The summed E-state index contributed by atoms with van der Waals surface area (Å²) in [6, 6.07) is 20.0. The zero-order valence-electron chi connectivity index (χ0n) is 14.1. The second kappa shape index (κ2) is 8.33. The fourth-order valence-corrected chi connectivity index (χ4v) is 2.67. The van der Waals surface area contributed by atoms with Crippen LogP contribution < -0.4 is 10.1 Å². The van der Waals surface area contributed by atoms with Crippen LogP contribution in [0.4, 0.5) is 11.4 Å². The third kappa shape index (κ3) is 5.05. The lowest BCUT2D eigenvalue weighted by Gasteiger charge is -2.08. The predicted octanol–water partition coefficient (Wildman–Crippen LogP) is 5.22. The van der Waals surface area contributed by atoms with Crippen LogP contribution in [0.15, 0.2) is 72.8 Å². The Morgan fingerprint density at radius 1 is 1.00 bits per heavy atom. The van der Waals surface area contributed by atoms with Crippen LogP contribution in [0.5, 0.6) is 11.5 Å². The Labute approximate surface area is 160 Å². The molecule has 3 aromatic rings. The summed E-state index contributed by atoms with van der Waals surface area (Å²) in [6.45, 7) is 0. The average Bonchev–Trinajstić information content (AvgIpc) is 2.63. The van der Waals surface area contributed by atoms with Gasteiger partial charge in [-0.25, -0.2) is 0 Å². The molecule has 0 unspecified atom stereocenters. The first-order chi connectivity index (χ1) is 13.0. The largest absolute Gasteiger partial charge is 0.457 e. The van der Waals surface area contributed by atoms with Gasteiger partial charge in [-0.15, -0.1) is 0 Å². The van der Waals surface area contributed by atoms with Crippen LogP contribution in [0, 0.1) is 10.1 Å². The fourth-order valence-electron chi connectivity index (χ4n) is 2.49. The van der Waals surface area contributed by atoms with E-state index in [0.717, 1.165) is 0 Å². The van der Waals surface area contributed by atoms with Gasteiger partial charge < -0.3 is 10.1 Å². The molecular weight excluding hydrogens is 368 g/mol. The van der Waals surface area contributed by atoms with E-state index >= 15 is 0 Å². The number of amides is 1.